The van der Waals surface area contributed by atoms with Crippen molar-refractivity contribution in [3.05, 3.63) is 35.9 Å². The molecule has 4 rings (SSSR count). The van der Waals surface area contributed by atoms with Crippen LogP contribution in [0.3, 0.4) is 0 Å². The first kappa shape index (κ1) is 18.7. The summed E-state index contributed by atoms with van der Waals surface area (Å²) in [4.78, 5) is 27.2. The number of benzene rings is 1. The highest BCUT2D eigenvalue weighted by Gasteiger charge is 2.38. The fourth-order valence-corrected chi connectivity index (χ4v) is 3.56. The lowest BCUT2D eigenvalue weighted by atomic mass is 9.86. The molecule has 1 N–H and O–H groups in total. The van der Waals surface area contributed by atoms with Gasteiger partial charge in [-0.2, -0.15) is 0 Å². The van der Waals surface area contributed by atoms with Crippen molar-refractivity contribution in [1.82, 2.24) is 10.2 Å². The molecule has 3 fully saturated rings. The summed E-state index contributed by atoms with van der Waals surface area (Å²) in [6, 6.07) is 8.19. The molecule has 1 amide bonds. The average molecular weight is 362 g/mol. The second kappa shape index (κ2) is 9.00. The minimum Gasteiger partial charge on any atom is -0.459 e. The van der Waals surface area contributed by atoms with Gasteiger partial charge in [-0.3, -0.25) is 4.90 Å². The van der Waals surface area contributed by atoms with Crippen molar-refractivity contribution in [3.63, 3.8) is 0 Å². The number of nitrogens with zero attached hydrogens (tertiary/aromatic N) is 1. The number of ether oxygens (including phenoxy) is 3. The number of amides is 1. The largest absolute Gasteiger partial charge is 0.459 e. The van der Waals surface area contributed by atoms with Crippen molar-refractivity contribution in [2.45, 2.75) is 25.0 Å². The molecule has 3 heterocycles. The van der Waals surface area contributed by atoms with E-state index in [1.165, 1.54) is 7.11 Å². The Kier molecular flexibility index (Phi) is 6.46. The monoisotopic (exact) mass is 362 g/mol. The van der Waals surface area contributed by atoms with Crippen molar-refractivity contribution in [2.24, 2.45) is 5.92 Å². The van der Waals surface area contributed by atoms with Crippen LogP contribution in [0.5, 0.6) is 0 Å². The number of esters is 1. The standard InChI is InChI=1S/C19H26N2O5/c1-24-11-12-25-19(23)20-17(15-5-3-2-4-6-15)18(22)26-16-13-21-9-7-14(16)8-10-21/h2-6,14,16-17H,7-13H2,1H3,(H,20,23). The minimum absolute atomic E-state index is 0.109. The lowest BCUT2D eigenvalue weighted by molar-refractivity contribution is -0.161. The van der Waals surface area contributed by atoms with Gasteiger partial charge < -0.3 is 19.5 Å². The normalized spacial score (nSPS) is 25.3. The molecule has 0 aromatic heterocycles. The predicted molar refractivity (Wildman–Crippen MR) is 94.6 cm³/mol. The van der Waals surface area contributed by atoms with Crippen LogP contribution in [0.25, 0.3) is 0 Å². The summed E-state index contributed by atoms with van der Waals surface area (Å²) >= 11 is 0. The molecule has 1 aromatic rings. The van der Waals surface area contributed by atoms with E-state index in [2.05, 4.69) is 10.2 Å². The second-order valence-electron chi connectivity index (χ2n) is 6.73. The highest BCUT2D eigenvalue weighted by molar-refractivity contribution is 5.83. The van der Waals surface area contributed by atoms with E-state index in [1.807, 2.05) is 18.2 Å². The van der Waals surface area contributed by atoms with Crippen LogP contribution in [0.15, 0.2) is 30.3 Å². The van der Waals surface area contributed by atoms with E-state index in [1.54, 1.807) is 12.1 Å². The molecule has 3 aliphatic rings. The van der Waals surface area contributed by atoms with Crippen molar-refractivity contribution in [2.75, 3.05) is 40.0 Å². The van der Waals surface area contributed by atoms with Crippen LogP contribution >= 0.6 is 0 Å². The number of rotatable bonds is 7. The molecular weight excluding hydrogens is 336 g/mol. The van der Waals surface area contributed by atoms with Gasteiger partial charge in [0, 0.05) is 13.7 Å². The zero-order chi connectivity index (χ0) is 18.4. The van der Waals surface area contributed by atoms with Gasteiger partial charge in [-0.15, -0.1) is 0 Å². The summed E-state index contributed by atoms with van der Waals surface area (Å²) in [5.41, 5.74) is 0.669. The summed E-state index contributed by atoms with van der Waals surface area (Å²) < 4.78 is 15.7. The Hall–Kier alpha value is -2.12. The topological polar surface area (TPSA) is 77.1 Å². The zero-order valence-corrected chi connectivity index (χ0v) is 15.1. The first-order chi connectivity index (χ1) is 12.7. The van der Waals surface area contributed by atoms with E-state index in [-0.39, 0.29) is 12.7 Å². The van der Waals surface area contributed by atoms with Gasteiger partial charge in [0.1, 0.15) is 12.7 Å². The molecule has 2 unspecified atom stereocenters. The summed E-state index contributed by atoms with van der Waals surface area (Å²) in [6.45, 7) is 3.35. The number of nitrogens with one attached hydrogen (secondary N) is 1. The van der Waals surface area contributed by atoms with Gasteiger partial charge in [0.15, 0.2) is 6.04 Å². The van der Waals surface area contributed by atoms with Crippen LogP contribution in [-0.2, 0) is 19.0 Å². The highest BCUT2D eigenvalue weighted by atomic mass is 16.6. The van der Waals surface area contributed by atoms with E-state index >= 15 is 0 Å². The predicted octanol–water partition coefficient (Wildman–Crippen LogP) is 1.74. The molecule has 3 aliphatic heterocycles. The van der Waals surface area contributed by atoms with Crippen molar-refractivity contribution >= 4 is 12.1 Å². The quantitative estimate of drug-likeness (QED) is 0.588. The summed E-state index contributed by atoms with van der Waals surface area (Å²) in [5.74, 6) is -0.0346. The molecule has 2 atom stereocenters. The molecule has 0 aliphatic carbocycles. The van der Waals surface area contributed by atoms with E-state index in [4.69, 9.17) is 14.2 Å². The second-order valence-corrected chi connectivity index (χ2v) is 6.73. The van der Waals surface area contributed by atoms with Crippen LogP contribution in [0.4, 0.5) is 4.79 Å². The van der Waals surface area contributed by atoms with Gasteiger partial charge in [0.25, 0.3) is 0 Å². The fourth-order valence-electron chi connectivity index (χ4n) is 3.56. The molecule has 1 aromatic carbocycles. The van der Waals surface area contributed by atoms with Gasteiger partial charge >= 0.3 is 12.1 Å². The zero-order valence-electron chi connectivity index (χ0n) is 15.1. The molecule has 7 heteroatoms. The van der Waals surface area contributed by atoms with E-state index in [0.717, 1.165) is 32.5 Å². The summed E-state index contributed by atoms with van der Waals surface area (Å²) in [5, 5.41) is 2.62. The number of fused-ring (bicyclic) bond motifs is 3. The molecule has 0 spiro atoms. The lowest BCUT2D eigenvalue weighted by Gasteiger charge is -2.44. The van der Waals surface area contributed by atoms with Crippen molar-refractivity contribution in [1.29, 1.82) is 0 Å². The third-order valence-corrected chi connectivity index (χ3v) is 5.02. The Morgan fingerprint density at radius 1 is 1.19 bits per heavy atom. The summed E-state index contributed by atoms with van der Waals surface area (Å²) in [6.07, 6.45) is 1.34. The lowest BCUT2D eigenvalue weighted by Crippen LogP contribution is -2.52. The Labute approximate surface area is 153 Å². The van der Waals surface area contributed by atoms with Gasteiger partial charge in [-0.05, 0) is 37.4 Å². The molecule has 3 saturated heterocycles. The first-order valence-corrected chi connectivity index (χ1v) is 9.07. The number of hydrogen-bond donors (Lipinski definition) is 1. The molecule has 26 heavy (non-hydrogen) atoms. The number of alkyl carbamates (subject to hydrolysis) is 1. The third kappa shape index (κ3) is 4.74. The fraction of sp³-hybridized carbons (Fsp3) is 0.579. The highest BCUT2D eigenvalue weighted by Crippen LogP contribution is 2.30. The van der Waals surface area contributed by atoms with Gasteiger partial charge in [0.2, 0.25) is 0 Å². The molecule has 2 bridgehead atoms. The Bertz CT molecular complexity index is 601. The van der Waals surface area contributed by atoms with Crippen molar-refractivity contribution < 1.29 is 23.8 Å². The summed E-state index contributed by atoms with van der Waals surface area (Å²) in [7, 11) is 1.53. The maximum absolute atomic E-state index is 12.8. The van der Waals surface area contributed by atoms with Crippen LogP contribution in [0.1, 0.15) is 24.4 Å². The molecule has 7 nitrogen and oxygen atoms in total. The first-order valence-electron chi connectivity index (χ1n) is 9.07. The van der Waals surface area contributed by atoms with E-state index in [0.29, 0.717) is 18.1 Å². The number of methoxy groups -OCH3 is 1. The maximum Gasteiger partial charge on any atom is 0.408 e. The Morgan fingerprint density at radius 3 is 2.54 bits per heavy atom. The van der Waals surface area contributed by atoms with Gasteiger partial charge in [0.05, 0.1) is 6.61 Å². The number of carbonyl (C=O) groups is 2. The smallest absolute Gasteiger partial charge is 0.408 e. The number of carbonyl (C=O) groups excluding carboxylic acids is 2. The van der Waals surface area contributed by atoms with E-state index in [9.17, 15) is 9.59 Å². The maximum atomic E-state index is 12.8. The minimum atomic E-state index is -0.887. The molecule has 142 valence electrons. The Morgan fingerprint density at radius 2 is 1.92 bits per heavy atom. The van der Waals surface area contributed by atoms with Gasteiger partial charge in [-0.1, -0.05) is 30.3 Å². The van der Waals surface area contributed by atoms with Crippen LogP contribution in [0.2, 0.25) is 0 Å². The SMILES string of the molecule is COCCOC(=O)NC(C(=O)OC1CN2CCC1CC2)c1ccccc1. The van der Waals surface area contributed by atoms with Gasteiger partial charge in [-0.25, -0.2) is 9.59 Å². The van der Waals surface area contributed by atoms with Crippen molar-refractivity contribution in [3.8, 4) is 0 Å². The van der Waals surface area contributed by atoms with E-state index < -0.39 is 18.1 Å². The average Bonchev–Trinajstić information content (AvgIpc) is 2.68. The number of piperidine rings is 3. The third-order valence-electron chi connectivity index (χ3n) is 5.02. The van der Waals surface area contributed by atoms with Crippen LogP contribution in [-0.4, -0.2) is 63.0 Å². The molecular formula is C19H26N2O5. The number of hydrogen-bond acceptors (Lipinski definition) is 6. The van der Waals surface area contributed by atoms with Crippen LogP contribution < -0.4 is 5.32 Å². The van der Waals surface area contributed by atoms with Crippen LogP contribution in [0, 0.1) is 5.92 Å². The Balaban J connectivity index is 1.64. The molecule has 0 saturated carbocycles. The molecule has 0 radical (unpaired) electrons.